The van der Waals surface area contributed by atoms with Crippen molar-refractivity contribution in [3.05, 3.63) is 6.07 Å². The molecule has 1 atom stereocenters. The lowest BCUT2D eigenvalue weighted by Crippen LogP contribution is -2.25. The predicted octanol–water partition coefficient (Wildman–Crippen LogP) is 0.253. The van der Waals surface area contributed by atoms with E-state index < -0.39 is 0 Å². The van der Waals surface area contributed by atoms with Crippen molar-refractivity contribution >= 4 is 5.95 Å². The van der Waals surface area contributed by atoms with Crippen LogP contribution in [-0.2, 0) is 0 Å². The van der Waals surface area contributed by atoms with Gasteiger partial charge >= 0.3 is 0 Å². The Labute approximate surface area is 88.8 Å². The van der Waals surface area contributed by atoms with E-state index in [2.05, 4.69) is 15.3 Å². The summed E-state index contributed by atoms with van der Waals surface area (Å²) >= 11 is 0. The van der Waals surface area contributed by atoms with Gasteiger partial charge in [0.15, 0.2) is 0 Å². The summed E-state index contributed by atoms with van der Waals surface area (Å²) in [6.07, 6.45) is 0. The van der Waals surface area contributed by atoms with E-state index in [0.717, 1.165) is 0 Å². The van der Waals surface area contributed by atoms with Gasteiger partial charge in [0.1, 0.15) is 0 Å². The Morgan fingerprint density at radius 3 is 2.27 bits per heavy atom. The SMILES string of the molecule is COc1cc(OC)nc(NCC(C)N)n1. The number of hydrogen-bond donors (Lipinski definition) is 2. The summed E-state index contributed by atoms with van der Waals surface area (Å²) in [5, 5.41) is 2.99. The second kappa shape index (κ2) is 5.35. The zero-order valence-corrected chi connectivity index (χ0v) is 9.15. The van der Waals surface area contributed by atoms with E-state index in [1.807, 2.05) is 6.92 Å². The third kappa shape index (κ3) is 3.59. The van der Waals surface area contributed by atoms with Crippen molar-refractivity contribution in [2.24, 2.45) is 5.73 Å². The molecule has 0 fully saturated rings. The average Bonchev–Trinajstić information content (AvgIpc) is 2.25. The number of methoxy groups -OCH3 is 2. The van der Waals surface area contributed by atoms with Crippen LogP contribution in [0.1, 0.15) is 6.92 Å². The molecule has 6 nitrogen and oxygen atoms in total. The van der Waals surface area contributed by atoms with Crippen LogP contribution in [0.15, 0.2) is 6.07 Å². The van der Waals surface area contributed by atoms with E-state index in [1.165, 1.54) is 14.2 Å². The summed E-state index contributed by atoms with van der Waals surface area (Å²) in [7, 11) is 3.08. The fourth-order valence-corrected chi connectivity index (χ4v) is 0.944. The molecule has 0 amide bonds. The molecule has 0 spiro atoms. The molecule has 0 aliphatic heterocycles. The molecule has 0 radical (unpaired) electrons. The van der Waals surface area contributed by atoms with Gasteiger partial charge in [0, 0.05) is 12.6 Å². The van der Waals surface area contributed by atoms with Crippen LogP contribution in [0.4, 0.5) is 5.95 Å². The molecule has 0 aliphatic rings. The first-order valence-electron chi connectivity index (χ1n) is 4.62. The normalized spacial score (nSPS) is 12.0. The monoisotopic (exact) mass is 212 g/mol. The molecular formula is C9H16N4O2. The lowest BCUT2D eigenvalue weighted by atomic mass is 10.4. The first kappa shape index (κ1) is 11.5. The maximum absolute atomic E-state index is 5.60. The van der Waals surface area contributed by atoms with E-state index in [9.17, 15) is 0 Å². The maximum Gasteiger partial charge on any atom is 0.229 e. The minimum absolute atomic E-state index is 0.0331. The molecule has 84 valence electrons. The Bertz CT molecular complexity index is 295. The number of hydrogen-bond acceptors (Lipinski definition) is 6. The summed E-state index contributed by atoms with van der Waals surface area (Å²) in [5.41, 5.74) is 5.60. The third-order valence-corrected chi connectivity index (χ3v) is 1.68. The van der Waals surface area contributed by atoms with Crippen LogP contribution in [-0.4, -0.2) is 36.8 Å². The largest absolute Gasteiger partial charge is 0.481 e. The molecule has 0 saturated heterocycles. The molecule has 1 rings (SSSR count). The molecule has 1 aromatic rings. The fourth-order valence-electron chi connectivity index (χ4n) is 0.944. The lowest BCUT2D eigenvalue weighted by molar-refractivity contribution is 0.372. The molecule has 1 heterocycles. The summed E-state index contributed by atoms with van der Waals surface area (Å²) in [6, 6.07) is 1.64. The average molecular weight is 212 g/mol. The summed E-state index contributed by atoms with van der Waals surface area (Å²) in [6.45, 7) is 2.49. The van der Waals surface area contributed by atoms with Gasteiger partial charge in [0.2, 0.25) is 17.7 Å². The number of nitrogens with one attached hydrogen (secondary N) is 1. The highest BCUT2D eigenvalue weighted by Crippen LogP contribution is 2.16. The molecule has 6 heteroatoms. The standard InChI is InChI=1S/C9H16N4O2/c1-6(10)5-11-9-12-7(14-2)4-8(13-9)15-3/h4,6H,5,10H2,1-3H3,(H,11,12,13). The van der Waals surface area contributed by atoms with Gasteiger partial charge in [-0.1, -0.05) is 0 Å². The highest BCUT2D eigenvalue weighted by molar-refractivity contribution is 5.33. The van der Waals surface area contributed by atoms with Crippen LogP contribution in [0.25, 0.3) is 0 Å². The number of nitrogens with two attached hydrogens (primary N) is 1. The van der Waals surface area contributed by atoms with Crippen molar-refractivity contribution in [3.63, 3.8) is 0 Å². The number of ether oxygens (including phenoxy) is 2. The van der Waals surface area contributed by atoms with Crippen molar-refractivity contribution in [3.8, 4) is 11.8 Å². The Morgan fingerprint density at radius 2 is 1.87 bits per heavy atom. The van der Waals surface area contributed by atoms with Gasteiger partial charge in [-0.15, -0.1) is 0 Å². The molecule has 0 saturated carbocycles. The maximum atomic E-state index is 5.60. The van der Waals surface area contributed by atoms with Crippen molar-refractivity contribution < 1.29 is 9.47 Å². The van der Waals surface area contributed by atoms with Gasteiger partial charge in [0.05, 0.1) is 20.3 Å². The number of rotatable bonds is 5. The Kier molecular flexibility index (Phi) is 4.11. The van der Waals surface area contributed by atoms with Gasteiger partial charge in [0.25, 0.3) is 0 Å². The van der Waals surface area contributed by atoms with Crippen molar-refractivity contribution in [1.29, 1.82) is 0 Å². The minimum Gasteiger partial charge on any atom is -0.481 e. The fraction of sp³-hybridized carbons (Fsp3) is 0.556. The third-order valence-electron chi connectivity index (χ3n) is 1.68. The number of anilines is 1. The smallest absolute Gasteiger partial charge is 0.229 e. The summed E-state index contributed by atoms with van der Waals surface area (Å²) < 4.78 is 10.0. The minimum atomic E-state index is 0.0331. The molecule has 1 unspecified atom stereocenters. The highest BCUT2D eigenvalue weighted by Gasteiger charge is 2.05. The number of aromatic nitrogens is 2. The second-order valence-electron chi connectivity index (χ2n) is 3.13. The zero-order valence-electron chi connectivity index (χ0n) is 9.15. The quantitative estimate of drug-likeness (QED) is 0.728. The van der Waals surface area contributed by atoms with Gasteiger partial charge in [-0.25, -0.2) is 0 Å². The topological polar surface area (TPSA) is 82.3 Å². The lowest BCUT2D eigenvalue weighted by Gasteiger charge is -2.09. The zero-order chi connectivity index (χ0) is 11.3. The Balaban J connectivity index is 2.77. The van der Waals surface area contributed by atoms with Crippen molar-refractivity contribution in [1.82, 2.24) is 9.97 Å². The van der Waals surface area contributed by atoms with Crippen LogP contribution in [0.3, 0.4) is 0 Å². The highest BCUT2D eigenvalue weighted by atomic mass is 16.5. The van der Waals surface area contributed by atoms with Crippen LogP contribution >= 0.6 is 0 Å². The molecule has 0 aliphatic carbocycles. The van der Waals surface area contributed by atoms with Crippen LogP contribution in [0.5, 0.6) is 11.8 Å². The van der Waals surface area contributed by atoms with Gasteiger partial charge < -0.3 is 20.5 Å². The number of nitrogens with zero attached hydrogens (tertiary/aromatic N) is 2. The van der Waals surface area contributed by atoms with Crippen molar-refractivity contribution in [2.75, 3.05) is 26.1 Å². The second-order valence-corrected chi connectivity index (χ2v) is 3.13. The molecule has 1 aromatic heterocycles. The van der Waals surface area contributed by atoms with E-state index in [-0.39, 0.29) is 6.04 Å². The van der Waals surface area contributed by atoms with Crippen LogP contribution in [0.2, 0.25) is 0 Å². The van der Waals surface area contributed by atoms with E-state index in [4.69, 9.17) is 15.2 Å². The first-order valence-corrected chi connectivity index (χ1v) is 4.62. The Morgan fingerprint density at radius 1 is 1.33 bits per heavy atom. The van der Waals surface area contributed by atoms with E-state index >= 15 is 0 Å². The van der Waals surface area contributed by atoms with E-state index in [0.29, 0.717) is 24.3 Å². The summed E-state index contributed by atoms with van der Waals surface area (Å²) in [5.74, 6) is 1.35. The van der Waals surface area contributed by atoms with Crippen LogP contribution in [0, 0.1) is 0 Å². The summed E-state index contributed by atoms with van der Waals surface area (Å²) in [4.78, 5) is 8.18. The Hall–Kier alpha value is -1.56. The predicted molar refractivity (Wildman–Crippen MR) is 57.3 cm³/mol. The molecule has 3 N–H and O–H groups in total. The van der Waals surface area contributed by atoms with Crippen LogP contribution < -0.4 is 20.5 Å². The van der Waals surface area contributed by atoms with Gasteiger partial charge in [-0.3, -0.25) is 0 Å². The molecule has 15 heavy (non-hydrogen) atoms. The molecule has 0 bridgehead atoms. The molecular weight excluding hydrogens is 196 g/mol. The van der Waals surface area contributed by atoms with Gasteiger partial charge in [-0.05, 0) is 6.92 Å². The van der Waals surface area contributed by atoms with Crippen molar-refractivity contribution in [2.45, 2.75) is 13.0 Å². The first-order chi connectivity index (χ1) is 7.15. The van der Waals surface area contributed by atoms with Gasteiger partial charge in [-0.2, -0.15) is 9.97 Å². The van der Waals surface area contributed by atoms with E-state index in [1.54, 1.807) is 6.07 Å². The molecule has 0 aromatic carbocycles.